The van der Waals surface area contributed by atoms with E-state index in [4.69, 9.17) is 0 Å². The zero-order valence-corrected chi connectivity index (χ0v) is 8.03. The van der Waals surface area contributed by atoms with Crippen molar-refractivity contribution >= 4 is 49.0 Å². The maximum absolute atomic E-state index is 11.0. The molecule has 5 nitrogen and oxygen atoms in total. The van der Waals surface area contributed by atoms with E-state index < -0.39 is 20.3 Å². The number of carbonyl (C=O) groups is 2. The lowest BCUT2D eigenvalue weighted by atomic mass is 10.6. The third kappa shape index (κ3) is 0.913. The lowest BCUT2D eigenvalue weighted by molar-refractivity contribution is -0.159. The van der Waals surface area contributed by atoms with Crippen LogP contribution in [0.1, 0.15) is 0 Å². The van der Waals surface area contributed by atoms with E-state index >= 15 is 0 Å². The van der Waals surface area contributed by atoms with Crippen LogP contribution in [0.3, 0.4) is 0 Å². The first kappa shape index (κ1) is 8.39. The Labute approximate surface area is 82.1 Å². The molecular weight excluding hydrogens is 220 g/mol. The molecule has 0 aliphatic carbocycles. The number of rotatable bonds is 0. The number of thioether (sulfide) groups is 1. The van der Waals surface area contributed by atoms with Gasteiger partial charge >= 0.3 is 11.9 Å². The van der Waals surface area contributed by atoms with Gasteiger partial charge in [-0.1, -0.05) is 11.8 Å². The van der Waals surface area contributed by atoms with E-state index in [0.717, 1.165) is 11.8 Å². The van der Waals surface area contributed by atoms with Gasteiger partial charge in [0.05, 0.1) is 0 Å². The Morgan fingerprint density at radius 1 is 1.17 bits per heavy atom. The lowest BCUT2D eigenvalue weighted by Gasteiger charge is -2.25. The molecule has 0 aromatic carbocycles. The van der Waals surface area contributed by atoms with Crippen molar-refractivity contribution in [1.82, 2.24) is 0 Å². The van der Waals surface area contributed by atoms with Gasteiger partial charge in [-0.05, 0) is 0 Å². The maximum Gasteiger partial charge on any atom is 0.364 e. The Morgan fingerprint density at radius 3 is 2.00 bits per heavy atom. The van der Waals surface area contributed by atoms with Crippen molar-refractivity contribution in [1.29, 1.82) is 0 Å². The van der Waals surface area contributed by atoms with Crippen LogP contribution in [0.4, 0.5) is 0 Å². The van der Waals surface area contributed by atoms with Crippen LogP contribution in [0.2, 0.25) is 0 Å². The quantitative estimate of drug-likeness (QED) is 0.354. The zero-order chi connectivity index (χ0) is 8.98. The molecular formula is C4H2N2O3S3. The van der Waals surface area contributed by atoms with Gasteiger partial charge < -0.3 is 4.74 Å². The van der Waals surface area contributed by atoms with Crippen molar-refractivity contribution < 1.29 is 14.3 Å². The summed E-state index contributed by atoms with van der Waals surface area (Å²) in [6.07, 6.45) is 0. The van der Waals surface area contributed by atoms with Crippen LogP contribution in [-0.2, 0) is 14.3 Å². The number of fused-ring (bicyclic) bond motifs is 2. The molecule has 2 atom stereocenters. The van der Waals surface area contributed by atoms with E-state index in [9.17, 15) is 9.59 Å². The summed E-state index contributed by atoms with van der Waals surface area (Å²) in [6.45, 7) is 0. The minimum atomic E-state index is -1.39. The average molecular weight is 222 g/mol. The second-order valence-corrected chi connectivity index (χ2v) is 5.48. The first-order valence-electron chi connectivity index (χ1n) is 2.82. The van der Waals surface area contributed by atoms with Crippen molar-refractivity contribution in [3.8, 4) is 0 Å². The van der Waals surface area contributed by atoms with Gasteiger partial charge in [-0.3, -0.25) is 0 Å². The standard InChI is InChI=1S/C4H2N2O3S3/c7-1-3(10)5-6-4(11,12-3)2(8)9-1/h10-11H. The summed E-state index contributed by atoms with van der Waals surface area (Å²) in [7, 11) is 0. The molecule has 1 fully saturated rings. The molecule has 0 radical (unpaired) electrons. The number of hydrogen-bond acceptors (Lipinski definition) is 8. The van der Waals surface area contributed by atoms with Gasteiger partial charge in [0, 0.05) is 0 Å². The van der Waals surface area contributed by atoms with Gasteiger partial charge in [0.15, 0.2) is 0 Å². The normalized spacial score (nSPS) is 44.8. The molecule has 0 spiro atoms. The first-order chi connectivity index (χ1) is 5.46. The van der Waals surface area contributed by atoms with E-state index in [1.807, 2.05) is 0 Å². The minimum absolute atomic E-state index is 0.813. The fourth-order valence-corrected chi connectivity index (χ4v) is 2.76. The first-order valence-corrected chi connectivity index (χ1v) is 4.53. The molecule has 0 N–H and O–H groups in total. The third-order valence-electron chi connectivity index (χ3n) is 1.32. The Kier molecular flexibility index (Phi) is 1.52. The maximum atomic E-state index is 11.0. The van der Waals surface area contributed by atoms with E-state index in [1.54, 1.807) is 0 Å². The highest BCUT2D eigenvalue weighted by molar-refractivity contribution is 8.20. The molecule has 0 aromatic rings. The van der Waals surface area contributed by atoms with Gasteiger partial charge in [0.2, 0.25) is 0 Å². The van der Waals surface area contributed by atoms with Crippen LogP contribution in [0, 0.1) is 0 Å². The van der Waals surface area contributed by atoms with Crippen LogP contribution in [0.5, 0.6) is 0 Å². The number of esters is 2. The zero-order valence-electron chi connectivity index (χ0n) is 5.42. The molecule has 0 saturated carbocycles. The molecule has 12 heavy (non-hydrogen) atoms. The second kappa shape index (κ2) is 2.18. The number of carbonyl (C=O) groups excluding carboxylic acids is 2. The molecule has 2 bridgehead atoms. The topological polar surface area (TPSA) is 68.1 Å². The molecule has 2 unspecified atom stereocenters. The van der Waals surface area contributed by atoms with Gasteiger partial charge in [-0.2, -0.15) is 0 Å². The monoisotopic (exact) mass is 222 g/mol. The third-order valence-corrected chi connectivity index (χ3v) is 3.48. The second-order valence-electron chi connectivity index (χ2n) is 2.20. The fourth-order valence-electron chi connectivity index (χ4n) is 0.757. The van der Waals surface area contributed by atoms with Crippen LogP contribution in [0.25, 0.3) is 0 Å². The molecule has 0 aromatic heterocycles. The summed E-state index contributed by atoms with van der Waals surface area (Å²) in [6, 6.07) is 0. The van der Waals surface area contributed by atoms with Crippen molar-refractivity contribution in [3.63, 3.8) is 0 Å². The highest BCUT2D eigenvalue weighted by Gasteiger charge is 2.61. The van der Waals surface area contributed by atoms with E-state index in [0.29, 0.717) is 0 Å². The molecule has 2 rings (SSSR count). The van der Waals surface area contributed by atoms with Crippen LogP contribution in [0.15, 0.2) is 10.2 Å². The number of nitrogens with zero attached hydrogens (tertiary/aromatic N) is 2. The molecule has 1 saturated heterocycles. The Bertz CT molecular complexity index is 291. The van der Waals surface area contributed by atoms with Crippen LogP contribution < -0.4 is 0 Å². The lowest BCUT2D eigenvalue weighted by Crippen LogP contribution is -2.42. The van der Waals surface area contributed by atoms with Crippen molar-refractivity contribution in [2.75, 3.05) is 0 Å². The molecule has 2 aliphatic rings. The highest BCUT2D eigenvalue weighted by atomic mass is 32.2. The highest BCUT2D eigenvalue weighted by Crippen LogP contribution is 2.54. The summed E-state index contributed by atoms with van der Waals surface area (Å²) in [5, 5.41) is 7.03. The fraction of sp³-hybridized carbons (Fsp3) is 0.500. The summed E-state index contributed by atoms with van der Waals surface area (Å²) >= 11 is 8.66. The summed E-state index contributed by atoms with van der Waals surface area (Å²) in [4.78, 5) is 22.0. The average Bonchev–Trinajstić information content (AvgIpc) is 2.26. The molecule has 8 heteroatoms. The van der Waals surface area contributed by atoms with Gasteiger partial charge in [-0.15, -0.1) is 35.5 Å². The Balaban J connectivity index is 2.48. The van der Waals surface area contributed by atoms with E-state index in [2.05, 4.69) is 40.2 Å². The predicted molar refractivity (Wildman–Crippen MR) is 47.0 cm³/mol. The predicted octanol–water partition coefficient (Wildman–Crippen LogP) is 0.436. The van der Waals surface area contributed by atoms with Crippen LogP contribution in [-0.4, -0.2) is 20.3 Å². The number of cyclic esters (lactones) is 2. The minimum Gasteiger partial charge on any atom is -0.387 e. The molecule has 64 valence electrons. The summed E-state index contributed by atoms with van der Waals surface area (Å²) in [5.41, 5.74) is 0. The van der Waals surface area contributed by atoms with E-state index in [1.165, 1.54) is 0 Å². The molecule has 2 aliphatic heterocycles. The van der Waals surface area contributed by atoms with Gasteiger partial charge in [-0.25, -0.2) is 9.59 Å². The van der Waals surface area contributed by atoms with Crippen molar-refractivity contribution in [2.24, 2.45) is 10.2 Å². The van der Waals surface area contributed by atoms with Crippen molar-refractivity contribution in [3.05, 3.63) is 0 Å². The summed E-state index contributed by atoms with van der Waals surface area (Å²) < 4.78 is 1.55. The smallest absolute Gasteiger partial charge is 0.364 e. The molecule has 0 amide bonds. The van der Waals surface area contributed by atoms with Crippen LogP contribution >= 0.6 is 37.0 Å². The Hall–Kier alpha value is -0.210. The largest absolute Gasteiger partial charge is 0.387 e. The summed E-state index contributed by atoms with van der Waals surface area (Å²) in [5.74, 6) is -1.63. The molecule has 2 heterocycles. The number of thiol groups is 2. The van der Waals surface area contributed by atoms with Gasteiger partial charge in [0.25, 0.3) is 8.41 Å². The number of azo groups is 1. The SMILES string of the molecule is O=C1OC(=O)C2(S)N=NC1(S)S2. The van der Waals surface area contributed by atoms with E-state index in [-0.39, 0.29) is 0 Å². The van der Waals surface area contributed by atoms with Gasteiger partial charge in [0.1, 0.15) is 0 Å². The number of ether oxygens (including phenoxy) is 1. The Morgan fingerprint density at radius 2 is 1.58 bits per heavy atom. The van der Waals surface area contributed by atoms with Crippen molar-refractivity contribution in [2.45, 2.75) is 8.41 Å². The number of hydrogen-bond donors (Lipinski definition) is 2.